The van der Waals surface area contributed by atoms with Gasteiger partial charge in [0.25, 0.3) is 0 Å². The zero-order valence-electron chi connectivity index (χ0n) is 5.19. The second-order valence-corrected chi connectivity index (χ2v) is 2.59. The van der Waals surface area contributed by atoms with E-state index in [1.807, 2.05) is 0 Å². The molecule has 46 valence electrons. The van der Waals surface area contributed by atoms with Gasteiger partial charge in [-0.05, 0) is 18.6 Å². The van der Waals surface area contributed by atoms with Crippen molar-refractivity contribution in [1.82, 2.24) is 0 Å². The summed E-state index contributed by atoms with van der Waals surface area (Å²) in [6.07, 6.45) is 8.12. The quantitative estimate of drug-likeness (QED) is 0.528. The Morgan fingerprint density at radius 1 is 1.38 bits per heavy atom. The molecule has 0 aliphatic heterocycles. The van der Waals surface area contributed by atoms with Gasteiger partial charge in [-0.2, -0.15) is 0 Å². The van der Waals surface area contributed by atoms with Crippen LogP contribution < -0.4 is 0 Å². The maximum absolute atomic E-state index is 6.84. The zero-order valence-corrected chi connectivity index (χ0v) is 5.19. The summed E-state index contributed by atoms with van der Waals surface area (Å²) < 4.78 is 0. The topological polar surface area (TPSA) is 23.9 Å². The Kier molecular flexibility index (Phi) is 2.07. The van der Waals surface area contributed by atoms with E-state index in [2.05, 4.69) is 0 Å². The van der Waals surface area contributed by atoms with Crippen molar-refractivity contribution in [3.8, 4) is 0 Å². The van der Waals surface area contributed by atoms with Gasteiger partial charge in [-0.15, -0.1) is 0 Å². The van der Waals surface area contributed by atoms with E-state index in [-0.39, 0.29) is 0 Å². The fourth-order valence-electron chi connectivity index (χ4n) is 1.41. The van der Waals surface area contributed by atoms with Gasteiger partial charge in [-0.1, -0.05) is 25.7 Å². The van der Waals surface area contributed by atoms with Gasteiger partial charge in [-0.3, -0.25) is 0 Å². The lowest BCUT2D eigenvalue weighted by molar-refractivity contribution is 0.577. The summed E-state index contributed by atoms with van der Waals surface area (Å²) >= 11 is 0. The summed E-state index contributed by atoms with van der Waals surface area (Å²) in [5.41, 5.74) is 0. The van der Waals surface area contributed by atoms with Gasteiger partial charge in [0.05, 0.1) is 0 Å². The predicted octanol–water partition coefficient (Wildman–Crippen LogP) is 2.22. The Hall–Kier alpha value is -0.330. The van der Waals surface area contributed by atoms with Gasteiger partial charge in [0.2, 0.25) is 0 Å². The van der Waals surface area contributed by atoms with Crippen molar-refractivity contribution in [2.75, 3.05) is 0 Å². The smallest absolute Gasteiger partial charge is 0.00450 e. The van der Waals surface area contributed by atoms with E-state index in [0.717, 1.165) is 12.3 Å². The molecule has 0 heterocycles. The van der Waals surface area contributed by atoms with Gasteiger partial charge in [0.1, 0.15) is 0 Å². The molecule has 0 amide bonds. The average Bonchev–Trinajstić information content (AvgIpc) is 2.19. The van der Waals surface area contributed by atoms with E-state index >= 15 is 0 Å². The van der Waals surface area contributed by atoms with Crippen LogP contribution in [0, 0.1) is 11.3 Å². The third kappa shape index (κ3) is 1.32. The van der Waals surface area contributed by atoms with Crippen LogP contribution in [0.15, 0.2) is 0 Å². The van der Waals surface area contributed by atoms with Crippen LogP contribution in [0.2, 0.25) is 0 Å². The average molecular weight is 111 g/mol. The van der Waals surface area contributed by atoms with Crippen molar-refractivity contribution in [3.63, 3.8) is 0 Å². The minimum atomic E-state index is 0.868. The second-order valence-electron chi connectivity index (χ2n) is 2.59. The van der Waals surface area contributed by atoms with Gasteiger partial charge in [-0.25, -0.2) is 0 Å². The highest BCUT2D eigenvalue weighted by Gasteiger charge is 2.12. The lowest BCUT2D eigenvalue weighted by Crippen LogP contribution is -1.91. The van der Waals surface area contributed by atoms with Gasteiger partial charge in [0, 0.05) is 0 Å². The van der Waals surface area contributed by atoms with E-state index in [1.165, 1.54) is 25.7 Å². The Bertz CT molecular complexity index is 72.5. The van der Waals surface area contributed by atoms with Crippen LogP contribution in [0.4, 0.5) is 0 Å². The standard InChI is InChI=1S/C7H13N/c8-6-5-7-3-1-2-4-7/h6-8H,1-5H2. The Morgan fingerprint density at radius 3 is 2.50 bits per heavy atom. The maximum Gasteiger partial charge on any atom is -0.00450 e. The molecular weight excluding hydrogens is 98.1 g/mol. The molecule has 1 saturated carbocycles. The maximum atomic E-state index is 6.84. The molecule has 1 aliphatic carbocycles. The molecule has 0 aromatic carbocycles. The largest absolute Gasteiger partial charge is 0.313 e. The first-order chi connectivity index (χ1) is 3.93. The molecule has 1 heteroatoms. The Morgan fingerprint density at radius 2 is 2.00 bits per heavy atom. The summed E-state index contributed by atoms with van der Waals surface area (Å²) in [6.45, 7) is 0. The molecule has 0 aromatic rings. The molecule has 0 aromatic heterocycles. The molecule has 1 N–H and O–H groups in total. The monoisotopic (exact) mass is 111 g/mol. The molecule has 0 radical (unpaired) electrons. The van der Waals surface area contributed by atoms with Crippen LogP contribution in [0.1, 0.15) is 32.1 Å². The van der Waals surface area contributed by atoms with Crippen molar-refractivity contribution in [2.24, 2.45) is 5.92 Å². The van der Waals surface area contributed by atoms with E-state index in [4.69, 9.17) is 5.41 Å². The molecule has 0 bridgehead atoms. The number of hydrogen-bond donors (Lipinski definition) is 1. The third-order valence-electron chi connectivity index (χ3n) is 1.93. The van der Waals surface area contributed by atoms with E-state index < -0.39 is 0 Å². The molecule has 0 saturated heterocycles. The van der Waals surface area contributed by atoms with Crippen molar-refractivity contribution >= 4 is 6.21 Å². The molecule has 8 heavy (non-hydrogen) atoms. The highest BCUT2D eigenvalue weighted by molar-refractivity contribution is 5.53. The highest BCUT2D eigenvalue weighted by Crippen LogP contribution is 2.26. The lowest BCUT2D eigenvalue weighted by Gasteiger charge is -2.00. The van der Waals surface area contributed by atoms with Gasteiger partial charge >= 0.3 is 0 Å². The summed E-state index contributed by atoms with van der Waals surface area (Å²) in [6, 6.07) is 0. The van der Waals surface area contributed by atoms with Crippen molar-refractivity contribution in [2.45, 2.75) is 32.1 Å². The van der Waals surface area contributed by atoms with Crippen molar-refractivity contribution < 1.29 is 0 Å². The minimum absolute atomic E-state index is 0.868. The zero-order chi connectivity index (χ0) is 5.82. The summed E-state index contributed by atoms with van der Waals surface area (Å²) in [5, 5.41) is 6.84. The number of rotatable bonds is 2. The molecule has 0 spiro atoms. The lowest BCUT2D eigenvalue weighted by atomic mass is 10.1. The second kappa shape index (κ2) is 2.85. The van der Waals surface area contributed by atoms with Crippen molar-refractivity contribution in [1.29, 1.82) is 5.41 Å². The fraction of sp³-hybridized carbons (Fsp3) is 0.857. The first-order valence-electron chi connectivity index (χ1n) is 3.42. The van der Waals surface area contributed by atoms with Crippen LogP contribution in [0.5, 0.6) is 0 Å². The van der Waals surface area contributed by atoms with Gasteiger partial charge in [0.15, 0.2) is 0 Å². The predicted molar refractivity (Wildman–Crippen MR) is 35.4 cm³/mol. The molecular formula is C7H13N. The fourth-order valence-corrected chi connectivity index (χ4v) is 1.41. The summed E-state index contributed by atoms with van der Waals surface area (Å²) in [7, 11) is 0. The molecule has 0 atom stereocenters. The van der Waals surface area contributed by atoms with Crippen LogP contribution in [0.25, 0.3) is 0 Å². The van der Waals surface area contributed by atoms with Crippen LogP contribution in [-0.4, -0.2) is 6.21 Å². The normalized spacial score (nSPS) is 21.5. The molecule has 1 nitrogen and oxygen atoms in total. The summed E-state index contributed by atoms with van der Waals surface area (Å²) in [5.74, 6) is 0.868. The van der Waals surface area contributed by atoms with Crippen molar-refractivity contribution in [3.05, 3.63) is 0 Å². The van der Waals surface area contributed by atoms with Crippen LogP contribution in [0.3, 0.4) is 0 Å². The van der Waals surface area contributed by atoms with E-state index in [1.54, 1.807) is 6.21 Å². The molecule has 1 fully saturated rings. The third-order valence-corrected chi connectivity index (χ3v) is 1.93. The first-order valence-corrected chi connectivity index (χ1v) is 3.42. The first kappa shape index (κ1) is 5.80. The SMILES string of the molecule is N=CCC1CCCC1. The molecule has 1 aliphatic rings. The number of hydrogen-bond acceptors (Lipinski definition) is 1. The van der Waals surface area contributed by atoms with Crippen LogP contribution in [-0.2, 0) is 0 Å². The Labute approximate surface area is 50.6 Å². The number of nitrogens with one attached hydrogen (secondary N) is 1. The summed E-state index contributed by atoms with van der Waals surface area (Å²) in [4.78, 5) is 0. The van der Waals surface area contributed by atoms with Crippen LogP contribution >= 0.6 is 0 Å². The Balaban J connectivity index is 2.14. The van der Waals surface area contributed by atoms with Gasteiger partial charge < -0.3 is 5.41 Å². The van der Waals surface area contributed by atoms with E-state index in [0.29, 0.717) is 0 Å². The molecule has 0 unspecified atom stereocenters. The molecule has 1 rings (SSSR count). The highest BCUT2D eigenvalue weighted by atomic mass is 14.3. The minimum Gasteiger partial charge on any atom is -0.313 e. The van der Waals surface area contributed by atoms with E-state index in [9.17, 15) is 0 Å².